The second kappa shape index (κ2) is 7.55. The quantitative estimate of drug-likeness (QED) is 0.691. The van der Waals surface area contributed by atoms with Gasteiger partial charge in [0.25, 0.3) is 5.72 Å². The number of rotatable bonds is 2. The molecule has 2 aromatic rings. The standard InChI is InChI=1S/C20H22ClN2OS.BrH/c1-14-5-3-6-18(15(14)2)22-13-20(24,16-7-9-17(21)10-8-16)23-11-4-12-25-19(22)23;/h3,5-10,24H,4,11-13H2,1-2H3;1H/q+1;/p-1. The van der Waals surface area contributed by atoms with Gasteiger partial charge >= 0.3 is 5.17 Å². The normalized spacial score (nSPS) is 22.2. The zero-order valence-electron chi connectivity index (χ0n) is 14.9. The first-order valence-corrected chi connectivity index (χ1v) is 9.96. The van der Waals surface area contributed by atoms with Gasteiger partial charge < -0.3 is 22.1 Å². The minimum absolute atomic E-state index is 0. The van der Waals surface area contributed by atoms with Crippen LogP contribution in [0.15, 0.2) is 42.5 Å². The van der Waals surface area contributed by atoms with Gasteiger partial charge in [-0.2, -0.15) is 0 Å². The van der Waals surface area contributed by atoms with Crippen LogP contribution in [-0.2, 0) is 5.72 Å². The molecular weight excluding hydrogens is 432 g/mol. The molecule has 2 aliphatic rings. The van der Waals surface area contributed by atoms with E-state index in [-0.39, 0.29) is 17.0 Å². The third-order valence-electron chi connectivity index (χ3n) is 5.22. The van der Waals surface area contributed by atoms with Gasteiger partial charge in [0.15, 0.2) is 6.54 Å². The van der Waals surface area contributed by atoms with Crippen molar-refractivity contribution in [2.24, 2.45) is 0 Å². The average molecular weight is 454 g/mol. The summed E-state index contributed by atoms with van der Waals surface area (Å²) in [5.74, 6) is 1.09. The molecule has 0 spiro atoms. The first-order valence-electron chi connectivity index (χ1n) is 8.60. The molecule has 0 bridgehead atoms. The van der Waals surface area contributed by atoms with E-state index >= 15 is 0 Å². The van der Waals surface area contributed by atoms with Crippen molar-refractivity contribution in [2.45, 2.75) is 26.0 Å². The Labute approximate surface area is 174 Å². The van der Waals surface area contributed by atoms with Gasteiger partial charge in [0.2, 0.25) is 0 Å². The lowest BCUT2D eigenvalue weighted by atomic mass is 10.0. The van der Waals surface area contributed by atoms with Gasteiger partial charge in [-0.05, 0) is 61.4 Å². The predicted molar refractivity (Wildman–Crippen MR) is 106 cm³/mol. The number of nitrogens with zero attached hydrogens (tertiary/aromatic N) is 2. The molecule has 0 aliphatic carbocycles. The van der Waals surface area contributed by atoms with Crippen LogP contribution in [0, 0.1) is 13.8 Å². The summed E-state index contributed by atoms with van der Waals surface area (Å²) in [6.07, 6.45) is 1.07. The molecule has 0 amide bonds. The number of aliphatic hydroxyl groups is 1. The van der Waals surface area contributed by atoms with Gasteiger partial charge in [-0.3, -0.25) is 0 Å². The molecule has 138 valence electrons. The Hall–Kier alpha value is -1.01. The van der Waals surface area contributed by atoms with Gasteiger partial charge in [-0.15, -0.1) is 0 Å². The number of amidine groups is 1. The van der Waals surface area contributed by atoms with Gasteiger partial charge in [0.05, 0.1) is 6.54 Å². The van der Waals surface area contributed by atoms with Crippen molar-refractivity contribution in [3.05, 3.63) is 64.2 Å². The highest BCUT2D eigenvalue weighted by Gasteiger charge is 2.53. The second-order valence-electron chi connectivity index (χ2n) is 6.76. The van der Waals surface area contributed by atoms with Crippen LogP contribution < -0.4 is 21.9 Å². The molecule has 0 aromatic heterocycles. The van der Waals surface area contributed by atoms with Crippen molar-refractivity contribution in [3.63, 3.8) is 0 Å². The first-order chi connectivity index (χ1) is 12.0. The van der Waals surface area contributed by atoms with E-state index in [1.165, 1.54) is 16.8 Å². The van der Waals surface area contributed by atoms with Gasteiger partial charge in [-0.1, -0.05) is 35.9 Å². The van der Waals surface area contributed by atoms with E-state index in [2.05, 4.69) is 41.5 Å². The van der Waals surface area contributed by atoms with Crippen molar-refractivity contribution in [1.29, 1.82) is 0 Å². The summed E-state index contributed by atoms with van der Waals surface area (Å²) < 4.78 is 2.16. The minimum Gasteiger partial charge on any atom is -1.00 e. The second-order valence-corrected chi connectivity index (χ2v) is 8.26. The summed E-state index contributed by atoms with van der Waals surface area (Å²) in [4.78, 5) is 2.28. The fraction of sp³-hybridized carbons (Fsp3) is 0.350. The number of hydrogen-bond acceptors (Lipinski definition) is 3. The Morgan fingerprint density at radius 1 is 1.15 bits per heavy atom. The van der Waals surface area contributed by atoms with E-state index in [1.807, 2.05) is 36.0 Å². The molecule has 6 heteroatoms. The lowest BCUT2D eigenvalue weighted by molar-refractivity contribution is -0.656. The lowest BCUT2D eigenvalue weighted by Gasteiger charge is -2.24. The smallest absolute Gasteiger partial charge is 0.316 e. The van der Waals surface area contributed by atoms with Crippen LogP contribution in [0.2, 0.25) is 5.02 Å². The highest BCUT2D eigenvalue weighted by molar-refractivity contribution is 8.13. The Kier molecular flexibility index (Phi) is 5.73. The Morgan fingerprint density at radius 2 is 1.88 bits per heavy atom. The van der Waals surface area contributed by atoms with Crippen molar-refractivity contribution in [2.75, 3.05) is 23.7 Å². The van der Waals surface area contributed by atoms with Crippen molar-refractivity contribution >= 4 is 34.2 Å². The molecule has 3 nitrogen and oxygen atoms in total. The van der Waals surface area contributed by atoms with Crippen molar-refractivity contribution in [3.8, 4) is 0 Å². The maximum atomic E-state index is 11.6. The van der Waals surface area contributed by atoms with E-state index in [0.29, 0.717) is 11.6 Å². The predicted octanol–water partition coefficient (Wildman–Crippen LogP) is 1.13. The van der Waals surface area contributed by atoms with Crippen LogP contribution in [0.1, 0.15) is 23.1 Å². The highest BCUT2D eigenvalue weighted by atomic mass is 79.9. The van der Waals surface area contributed by atoms with Crippen LogP contribution >= 0.6 is 23.4 Å². The summed E-state index contributed by atoms with van der Waals surface area (Å²) in [5.41, 5.74) is 3.58. The summed E-state index contributed by atoms with van der Waals surface area (Å²) in [6.45, 7) is 5.68. The maximum Gasteiger partial charge on any atom is 0.316 e. The van der Waals surface area contributed by atoms with Gasteiger partial charge in [0, 0.05) is 16.3 Å². The molecule has 1 N–H and O–H groups in total. The third kappa shape index (κ3) is 3.19. The molecule has 0 radical (unpaired) electrons. The molecule has 0 saturated carbocycles. The van der Waals surface area contributed by atoms with E-state index in [1.54, 1.807) is 0 Å². The molecule has 4 rings (SSSR count). The number of hydrogen-bond donors (Lipinski definition) is 1. The SMILES string of the molecule is Cc1cccc(N2CC(O)(c3ccc(Cl)cc3)[N+]3=C2SCCC3)c1C.[Br-]. The molecule has 0 saturated heterocycles. The topological polar surface area (TPSA) is 26.5 Å². The molecule has 0 fully saturated rings. The number of β-amino-alcohol motifs (C(OH)–C–C–N with tert-alkyl or cyclic N) is 1. The van der Waals surface area contributed by atoms with Crippen LogP contribution in [0.4, 0.5) is 5.69 Å². The first kappa shape index (κ1) is 19.7. The fourth-order valence-electron chi connectivity index (χ4n) is 3.68. The number of halogens is 2. The molecule has 1 unspecified atom stereocenters. The van der Waals surface area contributed by atoms with Crippen LogP contribution in [-0.4, -0.2) is 33.7 Å². The van der Waals surface area contributed by atoms with Crippen LogP contribution in [0.3, 0.4) is 0 Å². The van der Waals surface area contributed by atoms with Crippen molar-refractivity contribution in [1.82, 2.24) is 0 Å². The number of anilines is 1. The molecule has 2 heterocycles. The molecule has 1 atom stereocenters. The summed E-state index contributed by atoms with van der Waals surface area (Å²) in [5, 5.41) is 13.5. The fourth-order valence-corrected chi connectivity index (χ4v) is 4.98. The summed E-state index contributed by atoms with van der Waals surface area (Å²) in [6, 6.07) is 14.0. The van der Waals surface area contributed by atoms with E-state index in [4.69, 9.17) is 11.6 Å². The Balaban J connectivity index is 0.00000196. The molecule has 2 aliphatic heterocycles. The monoisotopic (exact) mass is 452 g/mol. The van der Waals surface area contributed by atoms with E-state index < -0.39 is 5.72 Å². The molecule has 2 aromatic carbocycles. The van der Waals surface area contributed by atoms with Crippen LogP contribution in [0.5, 0.6) is 0 Å². The minimum atomic E-state index is -1.02. The Morgan fingerprint density at radius 3 is 2.62 bits per heavy atom. The van der Waals surface area contributed by atoms with Gasteiger partial charge in [0.1, 0.15) is 5.69 Å². The largest absolute Gasteiger partial charge is 1.00 e. The summed E-state index contributed by atoms with van der Waals surface area (Å²) in [7, 11) is 0. The Bertz CT molecular complexity index is 855. The number of aryl methyl sites for hydroxylation is 1. The number of thioether (sulfide) groups is 1. The highest BCUT2D eigenvalue weighted by Crippen LogP contribution is 2.39. The third-order valence-corrected chi connectivity index (χ3v) is 6.66. The average Bonchev–Trinajstić information content (AvgIpc) is 2.92. The molecular formula is C20H22BrClN2OS. The zero-order valence-corrected chi connectivity index (χ0v) is 18.0. The zero-order chi connectivity index (χ0) is 17.6. The van der Waals surface area contributed by atoms with Gasteiger partial charge in [-0.25, -0.2) is 9.48 Å². The molecule has 26 heavy (non-hydrogen) atoms. The van der Waals surface area contributed by atoms with Crippen molar-refractivity contribution < 1.29 is 26.7 Å². The van der Waals surface area contributed by atoms with E-state index in [9.17, 15) is 5.11 Å². The van der Waals surface area contributed by atoms with Crippen LogP contribution in [0.25, 0.3) is 0 Å². The lowest BCUT2D eigenvalue weighted by Crippen LogP contribution is -3.00. The van der Waals surface area contributed by atoms with E-state index in [0.717, 1.165) is 29.4 Å². The summed E-state index contributed by atoms with van der Waals surface area (Å²) >= 11 is 7.88. The number of benzene rings is 2. The maximum absolute atomic E-state index is 11.6.